The predicted molar refractivity (Wildman–Crippen MR) is 75.7 cm³/mol. The number of aromatic nitrogens is 2. The van der Waals surface area contributed by atoms with Gasteiger partial charge in [-0.2, -0.15) is 5.10 Å². The van der Waals surface area contributed by atoms with Crippen LogP contribution >= 0.6 is 0 Å². The monoisotopic (exact) mass is 261 g/mol. The van der Waals surface area contributed by atoms with Crippen LogP contribution in [0.15, 0.2) is 24.3 Å². The van der Waals surface area contributed by atoms with Crippen LogP contribution in [0.4, 0.5) is 10.1 Å². The summed E-state index contributed by atoms with van der Waals surface area (Å²) in [6.07, 6.45) is 0.930. The molecule has 0 saturated heterocycles. The minimum atomic E-state index is -0.208. The molecule has 0 unspecified atom stereocenters. The molecule has 0 amide bonds. The van der Waals surface area contributed by atoms with Crippen LogP contribution < -0.4 is 5.32 Å². The van der Waals surface area contributed by atoms with Gasteiger partial charge in [-0.15, -0.1) is 0 Å². The minimum Gasteiger partial charge on any atom is -0.379 e. The molecule has 1 aromatic heterocycles. The number of nitrogens with zero attached hydrogens (tertiary/aromatic N) is 2. The highest BCUT2D eigenvalue weighted by Crippen LogP contribution is 2.15. The maximum Gasteiger partial charge on any atom is 0.125 e. The van der Waals surface area contributed by atoms with Gasteiger partial charge in [-0.1, -0.05) is 6.92 Å². The Labute approximate surface area is 113 Å². The van der Waals surface area contributed by atoms with Crippen molar-refractivity contribution in [3.63, 3.8) is 0 Å². The first kappa shape index (κ1) is 13.6. The maximum absolute atomic E-state index is 13.3. The van der Waals surface area contributed by atoms with Crippen molar-refractivity contribution >= 4 is 5.69 Å². The maximum atomic E-state index is 13.3. The van der Waals surface area contributed by atoms with Crippen LogP contribution in [-0.4, -0.2) is 9.78 Å². The molecule has 19 heavy (non-hydrogen) atoms. The summed E-state index contributed by atoms with van der Waals surface area (Å²) in [6.45, 7) is 7.56. The predicted octanol–water partition coefficient (Wildman–Crippen LogP) is 3.53. The molecule has 0 aliphatic carbocycles. The Morgan fingerprint density at radius 3 is 2.63 bits per heavy atom. The van der Waals surface area contributed by atoms with Crippen LogP contribution in [0.2, 0.25) is 0 Å². The third kappa shape index (κ3) is 3.34. The summed E-state index contributed by atoms with van der Waals surface area (Å²) < 4.78 is 15.3. The van der Waals surface area contributed by atoms with Crippen molar-refractivity contribution in [3.8, 4) is 0 Å². The Kier molecular flexibility index (Phi) is 4.20. The number of benzene rings is 1. The average molecular weight is 261 g/mol. The lowest BCUT2D eigenvalue weighted by molar-refractivity contribution is 0.618. The second kappa shape index (κ2) is 5.87. The smallest absolute Gasteiger partial charge is 0.125 e. The van der Waals surface area contributed by atoms with Gasteiger partial charge in [-0.05, 0) is 50.1 Å². The fourth-order valence-electron chi connectivity index (χ4n) is 2.13. The van der Waals surface area contributed by atoms with Gasteiger partial charge in [0.25, 0.3) is 0 Å². The molecular weight excluding hydrogens is 241 g/mol. The highest BCUT2D eigenvalue weighted by atomic mass is 19.1. The van der Waals surface area contributed by atoms with Gasteiger partial charge < -0.3 is 5.32 Å². The lowest BCUT2D eigenvalue weighted by atomic mass is 10.2. The summed E-state index contributed by atoms with van der Waals surface area (Å²) in [5, 5.41) is 7.75. The number of hydrogen-bond donors (Lipinski definition) is 1. The molecule has 0 atom stereocenters. The van der Waals surface area contributed by atoms with E-state index in [9.17, 15) is 4.39 Å². The van der Waals surface area contributed by atoms with Crippen LogP contribution in [0, 0.1) is 12.7 Å². The first-order valence-electron chi connectivity index (χ1n) is 6.69. The highest BCUT2D eigenvalue weighted by molar-refractivity contribution is 5.46. The zero-order valence-electron chi connectivity index (χ0n) is 11.7. The van der Waals surface area contributed by atoms with Gasteiger partial charge in [0.05, 0.1) is 17.9 Å². The molecule has 2 aromatic rings. The van der Waals surface area contributed by atoms with Gasteiger partial charge in [0.1, 0.15) is 5.82 Å². The van der Waals surface area contributed by atoms with Crippen molar-refractivity contribution < 1.29 is 4.39 Å². The van der Waals surface area contributed by atoms with Crippen molar-refractivity contribution in [2.24, 2.45) is 0 Å². The van der Waals surface area contributed by atoms with Gasteiger partial charge in [-0.25, -0.2) is 4.39 Å². The number of hydrogen-bond acceptors (Lipinski definition) is 2. The van der Waals surface area contributed by atoms with Gasteiger partial charge in [0.2, 0.25) is 0 Å². The molecule has 1 N–H and O–H groups in total. The normalized spacial score (nSPS) is 10.7. The van der Waals surface area contributed by atoms with E-state index in [1.807, 2.05) is 17.7 Å². The number of aryl methyl sites for hydroxylation is 3. The quantitative estimate of drug-likeness (QED) is 0.892. The Morgan fingerprint density at radius 2 is 2.00 bits per heavy atom. The van der Waals surface area contributed by atoms with Crippen molar-refractivity contribution in [1.29, 1.82) is 0 Å². The summed E-state index contributed by atoms with van der Waals surface area (Å²) in [5.41, 5.74) is 3.94. The standard InChI is InChI=1S/C15H20FN3/c1-4-13-9-15(19(5-2)18-13)10-17-14-7-11(3)6-12(16)8-14/h6-9,17H,4-5,10H2,1-3H3. The van der Waals surface area contributed by atoms with Crippen LogP contribution in [0.5, 0.6) is 0 Å². The molecule has 0 spiro atoms. The van der Waals surface area contributed by atoms with E-state index in [1.54, 1.807) is 0 Å². The van der Waals surface area contributed by atoms with E-state index in [0.29, 0.717) is 6.54 Å². The SMILES string of the molecule is CCc1cc(CNc2cc(C)cc(F)c2)n(CC)n1. The van der Waals surface area contributed by atoms with E-state index in [-0.39, 0.29) is 5.82 Å². The summed E-state index contributed by atoms with van der Waals surface area (Å²) in [4.78, 5) is 0. The number of halogens is 1. The number of anilines is 1. The van der Waals surface area contributed by atoms with Crippen molar-refractivity contribution in [2.45, 2.75) is 40.3 Å². The molecule has 2 rings (SSSR count). The van der Waals surface area contributed by atoms with Gasteiger partial charge in [0.15, 0.2) is 0 Å². The molecule has 0 bridgehead atoms. The van der Waals surface area contributed by atoms with E-state index in [0.717, 1.165) is 35.6 Å². The van der Waals surface area contributed by atoms with Crippen molar-refractivity contribution in [2.75, 3.05) is 5.32 Å². The zero-order valence-corrected chi connectivity index (χ0v) is 11.7. The average Bonchev–Trinajstić information content (AvgIpc) is 2.77. The Balaban J connectivity index is 2.11. The van der Waals surface area contributed by atoms with Gasteiger partial charge in [0, 0.05) is 12.2 Å². The fourth-order valence-corrected chi connectivity index (χ4v) is 2.13. The summed E-state index contributed by atoms with van der Waals surface area (Å²) in [5.74, 6) is -0.208. The van der Waals surface area contributed by atoms with Gasteiger partial charge >= 0.3 is 0 Å². The lowest BCUT2D eigenvalue weighted by Crippen LogP contribution is -2.08. The molecule has 0 fully saturated rings. The van der Waals surface area contributed by atoms with Crippen LogP contribution in [0.1, 0.15) is 30.8 Å². The van der Waals surface area contributed by atoms with E-state index >= 15 is 0 Å². The highest BCUT2D eigenvalue weighted by Gasteiger charge is 2.06. The Morgan fingerprint density at radius 1 is 1.21 bits per heavy atom. The number of nitrogens with one attached hydrogen (secondary N) is 1. The Hall–Kier alpha value is -1.84. The van der Waals surface area contributed by atoms with Gasteiger partial charge in [-0.3, -0.25) is 4.68 Å². The largest absolute Gasteiger partial charge is 0.379 e. The zero-order chi connectivity index (χ0) is 13.8. The lowest BCUT2D eigenvalue weighted by Gasteiger charge is -2.09. The third-order valence-electron chi connectivity index (χ3n) is 3.09. The Bertz CT molecular complexity index is 540. The van der Waals surface area contributed by atoms with Crippen molar-refractivity contribution in [3.05, 3.63) is 47.0 Å². The minimum absolute atomic E-state index is 0.208. The van der Waals surface area contributed by atoms with E-state index < -0.39 is 0 Å². The first-order chi connectivity index (χ1) is 9.12. The molecular formula is C15H20FN3. The first-order valence-corrected chi connectivity index (χ1v) is 6.69. The second-order valence-electron chi connectivity index (χ2n) is 4.67. The molecule has 4 heteroatoms. The molecule has 1 aromatic carbocycles. The molecule has 0 aliphatic rings. The van der Waals surface area contributed by atoms with E-state index in [1.165, 1.54) is 12.1 Å². The number of rotatable bonds is 5. The fraction of sp³-hybridized carbons (Fsp3) is 0.400. The molecule has 0 radical (unpaired) electrons. The van der Waals surface area contributed by atoms with Crippen molar-refractivity contribution in [1.82, 2.24) is 9.78 Å². The summed E-state index contributed by atoms with van der Waals surface area (Å²) >= 11 is 0. The molecule has 0 saturated carbocycles. The topological polar surface area (TPSA) is 29.9 Å². The second-order valence-corrected chi connectivity index (χ2v) is 4.67. The molecule has 102 valence electrons. The van der Waals surface area contributed by atoms with Crippen LogP contribution in [0.3, 0.4) is 0 Å². The van der Waals surface area contributed by atoms with E-state index in [2.05, 4.69) is 30.3 Å². The third-order valence-corrected chi connectivity index (χ3v) is 3.09. The molecule has 1 heterocycles. The molecule has 3 nitrogen and oxygen atoms in total. The summed E-state index contributed by atoms with van der Waals surface area (Å²) in [7, 11) is 0. The molecule has 0 aliphatic heterocycles. The van der Waals surface area contributed by atoms with Crippen LogP contribution in [-0.2, 0) is 19.5 Å². The van der Waals surface area contributed by atoms with Crippen LogP contribution in [0.25, 0.3) is 0 Å². The summed E-state index contributed by atoms with van der Waals surface area (Å²) in [6, 6.07) is 7.08. The van der Waals surface area contributed by atoms with E-state index in [4.69, 9.17) is 0 Å².